The monoisotopic (exact) mass is 341 g/mol. The first-order chi connectivity index (χ1) is 0. The normalized spacial score (nSPS) is 0. The smallest absolute Gasteiger partial charge is 0 e. The predicted molar refractivity (Wildman–Crippen MR) is 0 cm³/mol. The van der Waals surface area contributed by atoms with Gasteiger partial charge in [-0.25, -0.2) is 0 Å². The van der Waals surface area contributed by atoms with Crippen LogP contribution in [0.5, 0.6) is 0 Å². The Morgan fingerprint density at radius 3 is 1.00 bits per heavy atom. The Morgan fingerprint density at radius 1 is 1.00 bits per heavy atom. The number of rotatable bonds is 0. The van der Waals surface area contributed by atoms with Crippen molar-refractivity contribution in [3.8, 4) is 0 Å². The van der Waals surface area contributed by atoms with Crippen LogP contribution in [0.3, 0.4) is 0 Å². The second kappa shape index (κ2) is 16.3. The molecule has 0 spiro atoms. The van der Waals surface area contributed by atoms with Crippen molar-refractivity contribution in [1.82, 2.24) is 0 Å². The van der Waals surface area contributed by atoms with Gasteiger partial charge in [0.05, 0.1) is 0 Å². The van der Waals surface area contributed by atoms with E-state index in [1.165, 1.54) is 0 Å². The fourth-order valence-electron chi connectivity index (χ4n) is 0. The van der Waals surface area contributed by atoms with E-state index >= 15 is 0 Å². The summed E-state index contributed by atoms with van der Waals surface area (Å²) in [5, 5.41) is 0. The van der Waals surface area contributed by atoms with Crippen LogP contribution < -0.4 is 0 Å². The Kier molecular flexibility index (Phi) is 108. The summed E-state index contributed by atoms with van der Waals surface area (Å²) in [7, 11) is 0. The third-order valence-electron chi connectivity index (χ3n) is 0. The molecule has 0 aliphatic carbocycles. The van der Waals surface area contributed by atoms with Crippen LogP contribution in [-0.4, -0.2) is 0 Å². The standard InChI is InChI=1S/Ce.Fe.Mn.Zr. The summed E-state index contributed by atoms with van der Waals surface area (Å²) in [4.78, 5) is 0. The average Bonchev–Trinajstić information content (AvgIpc) is 0. The van der Waals surface area contributed by atoms with Crippen LogP contribution >= 0.6 is 0 Å². The van der Waals surface area contributed by atoms with Crippen molar-refractivity contribution in [3.63, 3.8) is 0 Å². The van der Waals surface area contributed by atoms with E-state index in [1.54, 1.807) is 0 Å². The molecule has 4 heteroatoms. The molecule has 0 heterocycles. The minimum absolute atomic E-state index is 0. The summed E-state index contributed by atoms with van der Waals surface area (Å²) >= 11 is 0. The predicted octanol–water partition coefficient (Wildman–Crippen LogP) is -0.00750. The second-order valence-electron chi connectivity index (χ2n) is 0. The SMILES string of the molecule is [Ce].[Fe].[Mn].[Zr]. The van der Waals surface area contributed by atoms with Gasteiger partial charge in [-0.15, -0.1) is 0 Å². The molecule has 23 valence electrons. The molecule has 0 saturated heterocycles. The quantitative estimate of drug-likeness (QED) is 0.544. The molecule has 0 bridgehead atoms. The van der Waals surface area contributed by atoms with Gasteiger partial charge in [-0.05, 0) is 0 Å². The van der Waals surface area contributed by atoms with Crippen molar-refractivity contribution >= 4 is 0 Å². The molecule has 4 heavy (non-hydrogen) atoms. The van der Waals surface area contributed by atoms with Crippen molar-refractivity contribution in [2.75, 3.05) is 0 Å². The average molecular weight is 342 g/mol. The van der Waals surface area contributed by atoms with E-state index in [-0.39, 0.29) is 102 Å². The maximum atomic E-state index is 0. The fourth-order valence-corrected chi connectivity index (χ4v) is 0. The molecular weight excluding hydrogens is 342 g/mol. The molecule has 0 N–H and O–H groups in total. The summed E-state index contributed by atoms with van der Waals surface area (Å²) < 4.78 is 0. The van der Waals surface area contributed by atoms with Gasteiger partial charge in [0.25, 0.3) is 0 Å². The van der Waals surface area contributed by atoms with E-state index in [2.05, 4.69) is 0 Å². The zero-order valence-electron chi connectivity index (χ0n) is 1.73. The van der Waals surface area contributed by atoms with Gasteiger partial charge in [-0.1, -0.05) is 0 Å². The van der Waals surface area contributed by atoms with Crippen molar-refractivity contribution in [3.05, 3.63) is 0 Å². The van der Waals surface area contributed by atoms with Crippen molar-refractivity contribution < 1.29 is 102 Å². The summed E-state index contributed by atoms with van der Waals surface area (Å²) in [6.07, 6.45) is 0. The minimum atomic E-state index is 0. The van der Waals surface area contributed by atoms with Gasteiger partial charge < -0.3 is 0 Å². The molecule has 0 fully saturated rings. The first kappa shape index (κ1) is 26.6. The van der Waals surface area contributed by atoms with Crippen molar-refractivity contribution in [2.45, 2.75) is 0 Å². The fraction of sp³-hybridized carbons (Fsp3) is 0. The Morgan fingerprint density at radius 2 is 1.00 bits per heavy atom. The number of hydrogen-bond donors (Lipinski definition) is 0. The Bertz CT molecular complexity index is 8.00. The largest absolute Gasteiger partial charge is 0 e. The molecule has 0 aromatic carbocycles. The molecule has 0 saturated carbocycles. The van der Waals surface area contributed by atoms with Gasteiger partial charge in [0.1, 0.15) is 0 Å². The third kappa shape index (κ3) is 9.00. The van der Waals surface area contributed by atoms with E-state index in [1.807, 2.05) is 0 Å². The van der Waals surface area contributed by atoms with Crippen molar-refractivity contribution in [2.24, 2.45) is 0 Å². The van der Waals surface area contributed by atoms with E-state index in [9.17, 15) is 0 Å². The molecule has 0 aliphatic heterocycles. The van der Waals surface area contributed by atoms with Crippen LogP contribution in [-0.2, 0) is 60.3 Å². The van der Waals surface area contributed by atoms with Crippen LogP contribution in [0.1, 0.15) is 0 Å². The van der Waals surface area contributed by atoms with Gasteiger partial charge >= 0.3 is 0 Å². The topological polar surface area (TPSA) is 0 Å². The molecule has 0 atom stereocenters. The molecule has 0 unspecified atom stereocenters. The zero-order chi connectivity index (χ0) is 0. The molecule has 0 rings (SSSR count). The molecule has 0 aliphatic rings. The van der Waals surface area contributed by atoms with Crippen LogP contribution in [0.4, 0.5) is 0 Å². The Balaban J connectivity index is 0. The first-order valence-corrected chi connectivity index (χ1v) is 0. The summed E-state index contributed by atoms with van der Waals surface area (Å²) in [5.74, 6) is 0. The Labute approximate surface area is 99.7 Å². The van der Waals surface area contributed by atoms with Crippen molar-refractivity contribution in [1.29, 1.82) is 0 Å². The zero-order valence-corrected chi connectivity index (χ0v) is 9.61. The van der Waals surface area contributed by atoms with Gasteiger partial charge in [0, 0.05) is 102 Å². The summed E-state index contributed by atoms with van der Waals surface area (Å²) in [6, 6.07) is 0. The van der Waals surface area contributed by atoms with Crippen LogP contribution in [0, 0.1) is 41.7 Å². The molecule has 0 aromatic heterocycles. The van der Waals surface area contributed by atoms with Crippen LogP contribution in [0.25, 0.3) is 0 Å². The molecular formula is CeFeMnZr. The second-order valence-corrected chi connectivity index (χ2v) is 0. The van der Waals surface area contributed by atoms with Gasteiger partial charge in [-0.3, -0.25) is 0 Å². The van der Waals surface area contributed by atoms with Gasteiger partial charge in [-0.2, -0.15) is 0 Å². The Hall–Kier alpha value is 3.30. The summed E-state index contributed by atoms with van der Waals surface area (Å²) in [5.41, 5.74) is 0. The van der Waals surface area contributed by atoms with Gasteiger partial charge in [0.15, 0.2) is 0 Å². The third-order valence-corrected chi connectivity index (χ3v) is 0. The molecule has 0 nitrogen and oxygen atoms in total. The molecule has 0 aromatic rings. The van der Waals surface area contributed by atoms with E-state index < -0.39 is 0 Å². The van der Waals surface area contributed by atoms with Gasteiger partial charge in [0.2, 0.25) is 0 Å². The van der Waals surface area contributed by atoms with E-state index in [0.29, 0.717) is 0 Å². The van der Waals surface area contributed by atoms with E-state index in [0.717, 1.165) is 0 Å². The molecule has 0 amide bonds. The minimum Gasteiger partial charge on any atom is 0 e. The maximum Gasteiger partial charge on any atom is 0 e. The number of hydrogen-bond acceptors (Lipinski definition) is 0. The van der Waals surface area contributed by atoms with Crippen LogP contribution in [0.2, 0.25) is 0 Å². The molecule has 1 radical (unpaired) electrons. The van der Waals surface area contributed by atoms with E-state index in [4.69, 9.17) is 0 Å². The first-order valence-electron chi connectivity index (χ1n) is 0. The van der Waals surface area contributed by atoms with Crippen LogP contribution in [0.15, 0.2) is 0 Å². The summed E-state index contributed by atoms with van der Waals surface area (Å²) in [6.45, 7) is 0. The maximum absolute atomic E-state index is 0.